The van der Waals surface area contributed by atoms with Crippen molar-refractivity contribution in [2.24, 2.45) is 10.2 Å². The lowest BCUT2D eigenvalue weighted by molar-refractivity contribution is 0.445. The van der Waals surface area contributed by atoms with Crippen molar-refractivity contribution in [1.82, 2.24) is 9.97 Å². The minimum atomic E-state index is -4.83. The van der Waals surface area contributed by atoms with Crippen LogP contribution >= 0.6 is 0 Å². The molecule has 3 rings (SSSR count). The molecular formula is C14H13N5O7S2. The molecule has 0 radical (unpaired) electrons. The van der Waals surface area contributed by atoms with Gasteiger partial charge < -0.3 is 15.8 Å². The van der Waals surface area contributed by atoms with Gasteiger partial charge in [0.2, 0.25) is 5.95 Å². The van der Waals surface area contributed by atoms with E-state index >= 15 is 0 Å². The summed E-state index contributed by atoms with van der Waals surface area (Å²) in [6.45, 7) is 1.62. The average Bonchev–Trinajstić information content (AvgIpc) is 2.89. The maximum absolute atomic E-state index is 11.6. The minimum Gasteiger partial charge on any atom is -0.504 e. The van der Waals surface area contributed by atoms with Gasteiger partial charge in [0.15, 0.2) is 5.75 Å². The van der Waals surface area contributed by atoms with Crippen molar-refractivity contribution in [3.63, 3.8) is 0 Å². The predicted molar refractivity (Wildman–Crippen MR) is 97.2 cm³/mol. The Balaban J connectivity index is 2.33. The highest BCUT2D eigenvalue weighted by molar-refractivity contribution is 7.86. The Morgan fingerprint density at radius 3 is 2.29 bits per heavy atom. The van der Waals surface area contributed by atoms with Crippen LogP contribution in [0.4, 0.5) is 17.5 Å². The summed E-state index contributed by atoms with van der Waals surface area (Å²) in [5.74, 6) is -0.892. The van der Waals surface area contributed by atoms with E-state index in [2.05, 4.69) is 20.2 Å². The molecule has 0 spiro atoms. The van der Waals surface area contributed by atoms with Crippen LogP contribution in [0, 0.1) is 6.92 Å². The van der Waals surface area contributed by atoms with Crippen molar-refractivity contribution in [3.05, 3.63) is 30.0 Å². The summed E-state index contributed by atoms with van der Waals surface area (Å²) in [5.41, 5.74) is 5.60. The number of nitrogen functional groups attached to an aromatic ring is 1. The van der Waals surface area contributed by atoms with Gasteiger partial charge in [0.25, 0.3) is 20.2 Å². The number of aromatic hydroxyl groups is 1. The zero-order valence-corrected chi connectivity index (χ0v) is 15.7. The monoisotopic (exact) mass is 427 g/mol. The number of benzene rings is 2. The van der Waals surface area contributed by atoms with Crippen molar-refractivity contribution in [3.8, 4) is 5.75 Å². The van der Waals surface area contributed by atoms with Gasteiger partial charge in [0, 0.05) is 5.39 Å². The quantitative estimate of drug-likeness (QED) is 0.304. The van der Waals surface area contributed by atoms with Crippen molar-refractivity contribution in [2.75, 3.05) is 5.73 Å². The third kappa shape index (κ3) is 3.65. The van der Waals surface area contributed by atoms with E-state index in [1.165, 1.54) is 6.07 Å². The number of azo groups is 1. The number of hydrogen-bond acceptors (Lipinski definition) is 9. The Hall–Kier alpha value is -3.07. The molecule has 0 fully saturated rings. The first-order valence-corrected chi connectivity index (χ1v) is 10.2. The zero-order chi connectivity index (χ0) is 20.9. The molecule has 12 nitrogen and oxygen atoms in total. The molecule has 1 aromatic heterocycles. The Bertz CT molecular complexity index is 1320. The van der Waals surface area contributed by atoms with E-state index in [9.17, 15) is 31.0 Å². The third-order valence-corrected chi connectivity index (χ3v) is 5.47. The summed E-state index contributed by atoms with van der Waals surface area (Å²) >= 11 is 0. The maximum Gasteiger partial charge on any atom is 0.298 e. The van der Waals surface area contributed by atoms with E-state index in [0.29, 0.717) is 5.69 Å². The summed E-state index contributed by atoms with van der Waals surface area (Å²) in [7, 11) is -9.42. The fourth-order valence-corrected chi connectivity index (χ4v) is 3.50. The zero-order valence-electron chi connectivity index (χ0n) is 14.0. The number of fused-ring (bicyclic) bond motifs is 1. The van der Waals surface area contributed by atoms with Crippen molar-refractivity contribution < 1.29 is 31.0 Å². The number of phenols is 1. The molecular weight excluding hydrogens is 414 g/mol. The molecule has 3 aromatic rings. The molecule has 14 heteroatoms. The first kappa shape index (κ1) is 19.7. The van der Waals surface area contributed by atoms with E-state index in [1.54, 1.807) is 6.92 Å². The molecule has 0 saturated carbocycles. The largest absolute Gasteiger partial charge is 0.504 e. The lowest BCUT2D eigenvalue weighted by Crippen LogP contribution is -2.00. The van der Waals surface area contributed by atoms with E-state index < -0.39 is 41.5 Å². The van der Waals surface area contributed by atoms with Gasteiger partial charge in [0.05, 0.1) is 10.6 Å². The first-order chi connectivity index (χ1) is 12.9. The van der Waals surface area contributed by atoms with E-state index in [-0.39, 0.29) is 22.5 Å². The fourth-order valence-electron chi connectivity index (χ4n) is 2.38. The molecule has 28 heavy (non-hydrogen) atoms. The molecule has 1 heterocycles. The number of hydrogen-bond donors (Lipinski definition) is 5. The number of phenolic OH excluding ortho intramolecular Hbond substituents is 1. The second-order valence-corrected chi connectivity index (χ2v) is 8.49. The number of H-pyrrole nitrogens is 1. The standard InChI is InChI=1S/C14H13N5O7S2/c1-6-13(15)17-14(16-6)19-18-11-9-5-8(27(21,22)23)3-2-7(9)4-10(12(11)20)28(24,25)26/h2-5,20H,15H2,1H3,(H,16,17)(H,21,22,23)(H,24,25,26). The molecule has 0 atom stereocenters. The van der Waals surface area contributed by atoms with Crippen molar-refractivity contribution >= 4 is 48.5 Å². The number of rotatable bonds is 4. The van der Waals surface area contributed by atoms with Gasteiger partial charge in [-0.3, -0.25) is 9.11 Å². The maximum atomic E-state index is 11.6. The number of imidazole rings is 1. The molecule has 0 unspecified atom stereocenters. The lowest BCUT2D eigenvalue weighted by Gasteiger charge is -2.09. The molecule has 6 N–H and O–H groups in total. The van der Waals surface area contributed by atoms with Crippen LogP contribution in [-0.4, -0.2) is 41.0 Å². The molecule has 0 aliphatic heterocycles. The second-order valence-electron chi connectivity index (χ2n) is 5.68. The first-order valence-electron chi connectivity index (χ1n) is 7.36. The predicted octanol–water partition coefficient (Wildman–Crippen LogP) is 2.07. The summed E-state index contributed by atoms with van der Waals surface area (Å²) in [5, 5.41) is 17.8. The molecule has 0 amide bonds. The molecule has 148 valence electrons. The molecule has 0 saturated heterocycles. The van der Waals surface area contributed by atoms with Crippen LogP contribution in [0.5, 0.6) is 5.75 Å². The molecule has 0 aliphatic carbocycles. The summed E-state index contributed by atoms with van der Waals surface area (Å²) in [4.78, 5) is 5.14. The second kappa shape index (κ2) is 6.52. The van der Waals surface area contributed by atoms with Crippen molar-refractivity contribution in [1.29, 1.82) is 0 Å². The molecule has 0 bridgehead atoms. The van der Waals surface area contributed by atoms with Gasteiger partial charge in [-0.15, -0.1) is 10.2 Å². The number of aryl methyl sites for hydroxylation is 1. The lowest BCUT2D eigenvalue weighted by atomic mass is 10.1. The molecule has 0 aliphatic rings. The Kier molecular flexibility index (Phi) is 4.58. The van der Waals surface area contributed by atoms with Gasteiger partial charge in [-0.25, -0.2) is 0 Å². The van der Waals surface area contributed by atoms with Crippen molar-refractivity contribution in [2.45, 2.75) is 16.7 Å². The van der Waals surface area contributed by atoms with Gasteiger partial charge in [-0.1, -0.05) is 6.07 Å². The number of nitrogens with one attached hydrogen (secondary N) is 1. The summed E-state index contributed by atoms with van der Waals surface area (Å²) in [6, 6.07) is 4.07. The van der Waals surface area contributed by atoms with Gasteiger partial charge in [-0.05, 0) is 30.5 Å². The number of aromatic nitrogens is 2. The van der Waals surface area contributed by atoms with Crippen LogP contribution in [0.1, 0.15) is 5.69 Å². The van der Waals surface area contributed by atoms with Gasteiger partial charge >= 0.3 is 0 Å². The summed E-state index contributed by atoms with van der Waals surface area (Å²) < 4.78 is 64.4. The third-order valence-electron chi connectivity index (χ3n) is 3.75. The van der Waals surface area contributed by atoms with Crippen LogP contribution in [0.3, 0.4) is 0 Å². The Morgan fingerprint density at radius 2 is 1.75 bits per heavy atom. The van der Waals surface area contributed by atoms with Crippen LogP contribution in [0.25, 0.3) is 10.8 Å². The number of aromatic amines is 1. The van der Waals surface area contributed by atoms with Gasteiger partial charge in [-0.2, -0.15) is 21.8 Å². The highest BCUT2D eigenvalue weighted by Crippen LogP contribution is 2.41. The molecule has 2 aromatic carbocycles. The number of nitrogens with zero attached hydrogens (tertiary/aromatic N) is 3. The smallest absolute Gasteiger partial charge is 0.298 e. The normalized spacial score (nSPS) is 12.8. The average molecular weight is 427 g/mol. The van der Waals surface area contributed by atoms with E-state index in [4.69, 9.17) is 5.73 Å². The summed E-state index contributed by atoms with van der Waals surface area (Å²) in [6.07, 6.45) is 0. The minimum absolute atomic E-state index is 0.0555. The van der Waals surface area contributed by atoms with Gasteiger partial charge in [0.1, 0.15) is 16.4 Å². The highest BCUT2D eigenvalue weighted by atomic mass is 32.2. The van der Waals surface area contributed by atoms with Crippen LogP contribution in [0.15, 0.2) is 44.3 Å². The van der Waals surface area contributed by atoms with Crippen LogP contribution < -0.4 is 5.73 Å². The SMILES string of the molecule is Cc1[nH]c(N=Nc2c(O)c(S(=O)(=O)O)cc3ccc(S(=O)(=O)O)cc23)nc1N. The van der Waals surface area contributed by atoms with E-state index in [1.807, 2.05) is 0 Å². The van der Waals surface area contributed by atoms with E-state index in [0.717, 1.165) is 18.2 Å². The number of anilines is 1. The topological polar surface area (TPSA) is 208 Å². The van der Waals surface area contributed by atoms with Crippen LogP contribution in [-0.2, 0) is 20.2 Å². The number of nitrogens with two attached hydrogens (primary N) is 1. The highest BCUT2D eigenvalue weighted by Gasteiger charge is 2.23. The Morgan fingerprint density at radius 1 is 1.07 bits per heavy atom. The van der Waals surface area contributed by atoms with Crippen LogP contribution in [0.2, 0.25) is 0 Å². The Labute approximate surface area is 158 Å². The fraction of sp³-hybridized carbons (Fsp3) is 0.0714.